The van der Waals surface area contributed by atoms with Gasteiger partial charge >= 0.3 is 11.9 Å². The molecule has 2 atom stereocenters. The molecule has 0 saturated carbocycles. The van der Waals surface area contributed by atoms with E-state index in [0.29, 0.717) is 26.1 Å². The fourth-order valence-corrected chi connectivity index (χ4v) is 3.13. The number of carbonyl (C=O) groups excluding carboxylic acids is 2. The van der Waals surface area contributed by atoms with E-state index in [1.54, 1.807) is 0 Å². The second kappa shape index (κ2) is 20.2. The van der Waals surface area contributed by atoms with Crippen molar-refractivity contribution in [3.8, 4) is 0 Å². The van der Waals surface area contributed by atoms with Crippen molar-refractivity contribution in [2.24, 2.45) is 0 Å². The smallest absolute Gasteiger partial charge is 0.306 e. The zero-order valence-electron chi connectivity index (χ0n) is 19.5. The summed E-state index contributed by atoms with van der Waals surface area (Å²) in [6.45, 7) is 8.69. The molecule has 172 valence electrons. The molecule has 29 heavy (non-hydrogen) atoms. The minimum atomic E-state index is -0.284. The van der Waals surface area contributed by atoms with Gasteiger partial charge in [-0.05, 0) is 26.7 Å². The molecule has 5 nitrogen and oxygen atoms in total. The lowest BCUT2D eigenvalue weighted by molar-refractivity contribution is -0.154. The molecule has 0 bridgehead atoms. The first-order chi connectivity index (χ1) is 14.0. The summed E-state index contributed by atoms with van der Waals surface area (Å²) in [5.74, 6) is -0.315. The Labute approximate surface area is 179 Å². The van der Waals surface area contributed by atoms with Crippen LogP contribution in [0, 0.1) is 0 Å². The second-order valence-electron chi connectivity index (χ2n) is 8.17. The largest absolute Gasteiger partial charge is 0.460 e. The van der Waals surface area contributed by atoms with E-state index in [2.05, 4.69) is 13.8 Å². The van der Waals surface area contributed by atoms with Gasteiger partial charge in [0.15, 0.2) is 0 Å². The van der Waals surface area contributed by atoms with Gasteiger partial charge in [-0.1, -0.05) is 78.1 Å². The van der Waals surface area contributed by atoms with Crippen LogP contribution in [-0.4, -0.2) is 37.4 Å². The third-order valence-electron chi connectivity index (χ3n) is 4.84. The van der Waals surface area contributed by atoms with Gasteiger partial charge in [-0.15, -0.1) is 0 Å². The van der Waals surface area contributed by atoms with Gasteiger partial charge in [0.05, 0.1) is 13.2 Å². The van der Waals surface area contributed by atoms with E-state index in [9.17, 15) is 9.59 Å². The van der Waals surface area contributed by atoms with Crippen LogP contribution in [0.25, 0.3) is 0 Å². The summed E-state index contributed by atoms with van der Waals surface area (Å²) in [5.41, 5.74) is 0. The summed E-state index contributed by atoms with van der Waals surface area (Å²) in [5, 5.41) is 0. The van der Waals surface area contributed by atoms with Gasteiger partial charge in [-0.25, -0.2) is 0 Å². The van der Waals surface area contributed by atoms with Crippen LogP contribution in [0.5, 0.6) is 0 Å². The third kappa shape index (κ3) is 20.0. The molecule has 0 aromatic carbocycles. The predicted octanol–water partition coefficient (Wildman–Crippen LogP) is 6.37. The maximum Gasteiger partial charge on any atom is 0.306 e. The van der Waals surface area contributed by atoms with Gasteiger partial charge < -0.3 is 14.2 Å². The number of hydrogen-bond acceptors (Lipinski definition) is 5. The van der Waals surface area contributed by atoms with Gasteiger partial charge in [0.25, 0.3) is 0 Å². The molecule has 0 rings (SSSR count). The van der Waals surface area contributed by atoms with Crippen LogP contribution in [0.4, 0.5) is 0 Å². The normalized spacial score (nSPS) is 13.1. The molecule has 0 aliphatic carbocycles. The Hall–Kier alpha value is -1.10. The molecule has 0 N–H and O–H groups in total. The Bertz CT molecular complexity index is 361. The topological polar surface area (TPSA) is 61.8 Å². The van der Waals surface area contributed by atoms with Crippen molar-refractivity contribution in [3.05, 3.63) is 0 Å². The van der Waals surface area contributed by atoms with E-state index in [4.69, 9.17) is 14.2 Å². The highest BCUT2D eigenvalue weighted by atomic mass is 16.6. The lowest BCUT2D eigenvalue weighted by Crippen LogP contribution is -2.25. The van der Waals surface area contributed by atoms with Gasteiger partial charge in [-0.2, -0.15) is 0 Å². The molecular weight excluding hydrogens is 368 g/mol. The summed E-state index contributed by atoms with van der Waals surface area (Å²) < 4.78 is 16.3. The maximum atomic E-state index is 11.8. The monoisotopic (exact) mass is 414 g/mol. The van der Waals surface area contributed by atoms with E-state index >= 15 is 0 Å². The number of ether oxygens (including phenoxy) is 3. The zero-order chi connectivity index (χ0) is 21.7. The van der Waals surface area contributed by atoms with E-state index < -0.39 is 0 Å². The van der Waals surface area contributed by atoms with Crippen LogP contribution in [0.15, 0.2) is 0 Å². The zero-order valence-corrected chi connectivity index (χ0v) is 19.5. The minimum Gasteiger partial charge on any atom is -0.460 e. The SMILES string of the molecule is CCCCCCCCC(=O)O[C@H](C)COC[C@@H](C)OC(=O)CCCCCCCC. The lowest BCUT2D eigenvalue weighted by Gasteiger charge is -2.17. The van der Waals surface area contributed by atoms with Crippen molar-refractivity contribution < 1.29 is 23.8 Å². The standard InChI is InChI=1S/C24H46O5/c1-5-7-9-11-13-15-17-23(25)28-21(3)19-27-20-22(4)29-24(26)18-16-14-12-10-8-6-2/h21-22H,5-20H2,1-4H3/t21-,22-/m1/s1. The molecule has 0 saturated heterocycles. The van der Waals surface area contributed by atoms with Crippen LogP contribution in [-0.2, 0) is 23.8 Å². The summed E-state index contributed by atoms with van der Waals surface area (Å²) in [4.78, 5) is 23.6. The third-order valence-corrected chi connectivity index (χ3v) is 4.84. The Morgan fingerprint density at radius 1 is 0.586 bits per heavy atom. The Morgan fingerprint density at radius 3 is 1.31 bits per heavy atom. The average molecular weight is 415 g/mol. The molecule has 0 heterocycles. The Morgan fingerprint density at radius 2 is 0.931 bits per heavy atom. The van der Waals surface area contributed by atoms with Gasteiger partial charge in [0.2, 0.25) is 0 Å². The Kier molecular flexibility index (Phi) is 19.4. The van der Waals surface area contributed by atoms with Crippen molar-refractivity contribution in [2.45, 2.75) is 130 Å². The van der Waals surface area contributed by atoms with Gasteiger partial charge in [0, 0.05) is 12.8 Å². The van der Waals surface area contributed by atoms with E-state index in [0.717, 1.165) is 25.7 Å². The molecule has 0 fully saturated rings. The molecule has 0 aliphatic heterocycles. The van der Waals surface area contributed by atoms with Crippen LogP contribution < -0.4 is 0 Å². The lowest BCUT2D eigenvalue weighted by atomic mass is 10.1. The molecule has 0 aromatic heterocycles. The molecule has 0 unspecified atom stereocenters. The molecule has 0 radical (unpaired) electrons. The fourth-order valence-electron chi connectivity index (χ4n) is 3.13. The Balaban J connectivity index is 3.62. The molecular formula is C24H46O5. The van der Waals surface area contributed by atoms with Crippen LogP contribution >= 0.6 is 0 Å². The summed E-state index contributed by atoms with van der Waals surface area (Å²) in [7, 11) is 0. The first-order valence-corrected chi connectivity index (χ1v) is 12.0. The molecule has 0 aliphatic rings. The van der Waals surface area contributed by atoms with Crippen molar-refractivity contribution in [2.75, 3.05) is 13.2 Å². The van der Waals surface area contributed by atoms with E-state index in [1.807, 2.05) is 13.8 Å². The summed E-state index contributed by atoms with van der Waals surface area (Å²) >= 11 is 0. The number of unbranched alkanes of at least 4 members (excludes halogenated alkanes) is 10. The first-order valence-electron chi connectivity index (χ1n) is 12.0. The number of rotatable bonds is 20. The predicted molar refractivity (Wildman–Crippen MR) is 118 cm³/mol. The minimum absolute atomic E-state index is 0.157. The van der Waals surface area contributed by atoms with Gasteiger partial charge in [-0.3, -0.25) is 9.59 Å². The van der Waals surface area contributed by atoms with Crippen LogP contribution in [0.2, 0.25) is 0 Å². The van der Waals surface area contributed by atoms with E-state index in [1.165, 1.54) is 51.4 Å². The highest BCUT2D eigenvalue weighted by Crippen LogP contribution is 2.09. The van der Waals surface area contributed by atoms with E-state index in [-0.39, 0.29) is 24.1 Å². The first kappa shape index (κ1) is 27.9. The molecule has 0 amide bonds. The van der Waals surface area contributed by atoms with Crippen LogP contribution in [0.1, 0.15) is 118 Å². The maximum absolute atomic E-state index is 11.8. The van der Waals surface area contributed by atoms with Crippen molar-refractivity contribution in [3.63, 3.8) is 0 Å². The fraction of sp³-hybridized carbons (Fsp3) is 0.917. The molecule has 0 aromatic rings. The quantitative estimate of drug-likeness (QED) is 0.171. The summed E-state index contributed by atoms with van der Waals surface area (Å²) in [6.07, 6.45) is 14.2. The average Bonchev–Trinajstić information content (AvgIpc) is 2.67. The van der Waals surface area contributed by atoms with Crippen molar-refractivity contribution in [1.82, 2.24) is 0 Å². The number of esters is 2. The molecule has 5 heteroatoms. The van der Waals surface area contributed by atoms with Crippen molar-refractivity contribution in [1.29, 1.82) is 0 Å². The summed E-state index contributed by atoms with van der Waals surface area (Å²) in [6, 6.07) is 0. The number of carbonyl (C=O) groups is 2. The second-order valence-corrected chi connectivity index (χ2v) is 8.17. The van der Waals surface area contributed by atoms with Gasteiger partial charge in [0.1, 0.15) is 12.2 Å². The number of hydrogen-bond donors (Lipinski definition) is 0. The van der Waals surface area contributed by atoms with Crippen molar-refractivity contribution >= 4 is 11.9 Å². The highest BCUT2D eigenvalue weighted by molar-refractivity contribution is 5.69. The highest BCUT2D eigenvalue weighted by Gasteiger charge is 2.13. The molecule has 0 spiro atoms. The van der Waals surface area contributed by atoms with Crippen LogP contribution in [0.3, 0.4) is 0 Å².